The fraction of sp³-hybridized carbons (Fsp3) is 0.571. The Bertz CT molecular complexity index is 733. The van der Waals surface area contributed by atoms with Gasteiger partial charge in [0.1, 0.15) is 0 Å². The number of benzene rings is 1. The van der Waals surface area contributed by atoms with Gasteiger partial charge in [-0.05, 0) is 61.4 Å². The molecule has 1 unspecified atom stereocenters. The van der Waals surface area contributed by atoms with Crippen molar-refractivity contribution >= 4 is 5.69 Å². The van der Waals surface area contributed by atoms with Crippen LogP contribution in [0.1, 0.15) is 42.1 Å². The molecule has 0 spiro atoms. The van der Waals surface area contributed by atoms with Crippen molar-refractivity contribution in [1.82, 2.24) is 15.1 Å². The van der Waals surface area contributed by atoms with Gasteiger partial charge in [-0.15, -0.1) is 0 Å². The summed E-state index contributed by atoms with van der Waals surface area (Å²) in [5, 5.41) is 8.11. The molecule has 1 N–H and O–H groups in total. The summed E-state index contributed by atoms with van der Waals surface area (Å²) < 4.78 is 7.38. The average molecular weight is 354 g/mol. The number of methoxy groups -OCH3 is 1. The van der Waals surface area contributed by atoms with Gasteiger partial charge in [0.15, 0.2) is 0 Å². The lowest BCUT2D eigenvalue weighted by Gasteiger charge is -2.36. The van der Waals surface area contributed by atoms with E-state index in [2.05, 4.69) is 39.6 Å². The topological polar surface area (TPSA) is 42.3 Å². The Labute approximate surface area is 156 Å². The third-order valence-electron chi connectivity index (χ3n) is 5.93. The van der Waals surface area contributed by atoms with E-state index in [1.165, 1.54) is 30.6 Å². The normalized spacial score (nSPS) is 18.9. The minimum absolute atomic E-state index is 0.198. The van der Waals surface area contributed by atoms with Gasteiger partial charge < -0.3 is 15.0 Å². The van der Waals surface area contributed by atoms with Gasteiger partial charge in [-0.1, -0.05) is 6.07 Å². The average Bonchev–Trinajstić information content (AvgIpc) is 3.30. The molecule has 5 heteroatoms. The molecular formula is C21H30N4O. The molecule has 0 amide bonds. The predicted octanol–water partition coefficient (Wildman–Crippen LogP) is 2.85. The lowest BCUT2D eigenvalue weighted by molar-refractivity contribution is 0.154. The minimum Gasteiger partial charge on any atom is -0.383 e. The molecular weight excluding hydrogens is 324 g/mol. The first-order valence-electron chi connectivity index (χ1n) is 9.84. The molecule has 1 aromatic carbocycles. The largest absolute Gasteiger partial charge is 0.383 e. The number of nitrogens with zero attached hydrogens (tertiary/aromatic N) is 3. The molecule has 1 aromatic heterocycles. The van der Waals surface area contributed by atoms with E-state index in [-0.39, 0.29) is 6.04 Å². The first-order chi connectivity index (χ1) is 12.7. The zero-order valence-electron chi connectivity index (χ0n) is 15.9. The molecule has 5 nitrogen and oxygen atoms in total. The van der Waals surface area contributed by atoms with Crippen LogP contribution in [0.2, 0.25) is 0 Å². The predicted molar refractivity (Wildman–Crippen MR) is 105 cm³/mol. The summed E-state index contributed by atoms with van der Waals surface area (Å²) in [5.41, 5.74) is 5.72. The first kappa shape index (κ1) is 17.6. The highest BCUT2D eigenvalue weighted by Crippen LogP contribution is 2.28. The monoisotopic (exact) mass is 354 g/mol. The number of hydrogen-bond acceptors (Lipinski definition) is 4. The van der Waals surface area contributed by atoms with Gasteiger partial charge in [0.05, 0.1) is 18.3 Å². The number of piperidine rings is 1. The Hall–Kier alpha value is -1.85. The Morgan fingerprint density at radius 2 is 2.00 bits per heavy atom. The van der Waals surface area contributed by atoms with E-state index in [0.717, 1.165) is 25.9 Å². The van der Waals surface area contributed by atoms with Crippen LogP contribution >= 0.6 is 0 Å². The van der Waals surface area contributed by atoms with Crippen LogP contribution in [0, 0.1) is 0 Å². The standard InChI is InChI=1S/C21H30N4O/c1-24-21(8-11-22-24)20(15-26-2)23-18-9-12-25(13-10-18)19-7-6-16-4-3-5-17(16)14-19/h6-8,11,14,18,20,23H,3-5,9-10,12-13,15H2,1-2H3. The third kappa shape index (κ3) is 3.64. The van der Waals surface area contributed by atoms with Crippen molar-refractivity contribution in [2.45, 2.75) is 44.2 Å². The van der Waals surface area contributed by atoms with Crippen LogP contribution in [0.15, 0.2) is 30.5 Å². The van der Waals surface area contributed by atoms with E-state index in [9.17, 15) is 0 Å². The smallest absolute Gasteiger partial charge is 0.0731 e. The van der Waals surface area contributed by atoms with Crippen molar-refractivity contribution in [2.75, 3.05) is 31.7 Å². The number of aryl methyl sites for hydroxylation is 3. The molecule has 1 aliphatic heterocycles. The maximum atomic E-state index is 5.44. The Morgan fingerprint density at radius 3 is 2.73 bits per heavy atom. The lowest BCUT2D eigenvalue weighted by atomic mass is 10.0. The SMILES string of the molecule is COCC(NC1CCN(c2ccc3c(c2)CCC3)CC1)c1ccnn1C. The maximum Gasteiger partial charge on any atom is 0.0731 e. The Morgan fingerprint density at radius 1 is 1.19 bits per heavy atom. The van der Waals surface area contributed by atoms with E-state index in [1.54, 1.807) is 18.2 Å². The quantitative estimate of drug-likeness (QED) is 0.866. The summed E-state index contributed by atoms with van der Waals surface area (Å²) in [7, 11) is 3.76. The summed E-state index contributed by atoms with van der Waals surface area (Å²) in [4.78, 5) is 2.55. The van der Waals surface area contributed by atoms with Gasteiger partial charge in [-0.25, -0.2) is 0 Å². The van der Waals surface area contributed by atoms with Crippen LogP contribution in [-0.2, 0) is 24.6 Å². The molecule has 0 radical (unpaired) electrons. The van der Waals surface area contributed by atoms with Crippen LogP contribution in [0.4, 0.5) is 5.69 Å². The second-order valence-corrected chi connectivity index (χ2v) is 7.62. The third-order valence-corrected chi connectivity index (χ3v) is 5.93. The second-order valence-electron chi connectivity index (χ2n) is 7.62. The number of rotatable bonds is 6. The van der Waals surface area contributed by atoms with Gasteiger partial charge in [-0.3, -0.25) is 4.68 Å². The molecule has 2 aliphatic rings. The van der Waals surface area contributed by atoms with Gasteiger partial charge in [0, 0.05) is 45.2 Å². The van der Waals surface area contributed by atoms with E-state index < -0.39 is 0 Å². The summed E-state index contributed by atoms with van der Waals surface area (Å²) >= 11 is 0. The molecule has 0 bridgehead atoms. The number of fused-ring (bicyclic) bond motifs is 1. The summed E-state index contributed by atoms with van der Waals surface area (Å²) in [5.74, 6) is 0. The molecule has 1 fully saturated rings. The van der Waals surface area contributed by atoms with E-state index in [0.29, 0.717) is 12.6 Å². The molecule has 1 atom stereocenters. The van der Waals surface area contributed by atoms with Crippen molar-refractivity contribution in [3.8, 4) is 0 Å². The maximum absolute atomic E-state index is 5.44. The Balaban J connectivity index is 1.36. The minimum atomic E-state index is 0.198. The van der Waals surface area contributed by atoms with E-state index >= 15 is 0 Å². The summed E-state index contributed by atoms with van der Waals surface area (Å²) in [6, 6.07) is 9.90. The number of ether oxygens (including phenoxy) is 1. The second kappa shape index (κ2) is 7.80. The van der Waals surface area contributed by atoms with Crippen LogP contribution in [-0.4, -0.2) is 42.6 Å². The molecule has 0 saturated carbocycles. The zero-order chi connectivity index (χ0) is 17.9. The van der Waals surface area contributed by atoms with Crippen LogP contribution in [0.25, 0.3) is 0 Å². The number of nitrogens with one attached hydrogen (secondary N) is 1. The lowest BCUT2D eigenvalue weighted by Crippen LogP contribution is -2.45. The molecule has 4 rings (SSSR count). The van der Waals surface area contributed by atoms with Crippen LogP contribution < -0.4 is 10.2 Å². The fourth-order valence-electron chi connectivity index (χ4n) is 4.46. The van der Waals surface area contributed by atoms with Crippen molar-refractivity contribution < 1.29 is 4.74 Å². The first-order valence-corrected chi connectivity index (χ1v) is 9.84. The fourth-order valence-corrected chi connectivity index (χ4v) is 4.46. The van der Waals surface area contributed by atoms with Crippen LogP contribution in [0.3, 0.4) is 0 Å². The molecule has 1 saturated heterocycles. The highest BCUT2D eigenvalue weighted by Gasteiger charge is 2.24. The number of anilines is 1. The van der Waals surface area contributed by atoms with Crippen molar-refractivity contribution in [3.63, 3.8) is 0 Å². The van der Waals surface area contributed by atoms with Crippen molar-refractivity contribution in [3.05, 3.63) is 47.3 Å². The number of aromatic nitrogens is 2. The summed E-state index contributed by atoms with van der Waals surface area (Å²) in [6.45, 7) is 2.90. The molecule has 2 heterocycles. The van der Waals surface area contributed by atoms with Gasteiger partial charge in [0.2, 0.25) is 0 Å². The Kier molecular flexibility index (Phi) is 5.27. The van der Waals surface area contributed by atoms with Gasteiger partial charge in [-0.2, -0.15) is 5.10 Å². The van der Waals surface area contributed by atoms with Crippen molar-refractivity contribution in [2.24, 2.45) is 7.05 Å². The molecule has 1 aliphatic carbocycles. The van der Waals surface area contributed by atoms with E-state index in [1.807, 2.05) is 17.9 Å². The number of hydrogen-bond donors (Lipinski definition) is 1. The van der Waals surface area contributed by atoms with Gasteiger partial charge >= 0.3 is 0 Å². The van der Waals surface area contributed by atoms with Gasteiger partial charge in [0.25, 0.3) is 0 Å². The zero-order valence-corrected chi connectivity index (χ0v) is 15.9. The highest BCUT2D eigenvalue weighted by molar-refractivity contribution is 5.52. The van der Waals surface area contributed by atoms with E-state index in [4.69, 9.17) is 4.74 Å². The molecule has 26 heavy (non-hydrogen) atoms. The van der Waals surface area contributed by atoms with Crippen LogP contribution in [0.5, 0.6) is 0 Å². The molecule has 2 aromatic rings. The highest BCUT2D eigenvalue weighted by atomic mass is 16.5. The molecule has 140 valence electrons. The summed E-state index contributed by atoms with van der Waals surface area (Å²) in [6.07, 6.45) is 8.02. The van der Waals surface area contributed by atoms with Crippen molar-refractivity contribution in [1.29, 1.82) is 0 Å².